The van der Waals surface area contributed by atoms with Crippen molar-refractivity contribution in [2.24, 2.45) is 0 Å². The number of fused-ring (bicyclic) bond motifs is 1. The summed E-state index contributed by atoms with van der Waals surface area (Å²) in [5.74, 6) is -0.520. The third-order valence-corrected chi connectivity index (χ3v) is 5.98. The number of amides is 2. The zero-order valence-electron chi connectivity index (χ0n) is 20.0. The van der Waals surface area contributed by atoms with Gasteiger partial charge in [-0.3, -0.25) is 9.59 Å². The van der Waals surface area contributed by atoms with Crippen LogP contribution in [0.5, 0.6) is 0 Å². The lowest BCUT2D eigenvalue weighted by atomic mass is 10.0. The summed E-state index contributed by atoms with van der Waals surface area (Å²) in [4.78, 5) is 25.3. The largest absolute Gasteiger partial charge is 0.489 e. The van der Waals surface area contributed by atoms with Crippen molar-refractivity contribution in [3.05, 3.63) is 95.7 Å². The number of aromatic nitrogens is 2. The first kappa shape index (κ1) is 23.5. The van der Waals surface area contributed by atoms with Gasteiger partial charge >= 0.3 is 0 Å². The maximum atomic E-state index is 12.8. The van der Waals surface area contributed by atoms with Crippen molar-refractivity contribution in [2.45, 2.75) is 25.2 Å². The van der Waals surface area contributed by atoms with Gasteiger partial charge in [0.25, 0.3) is 11.8 Å². The fourth-order valence-corrected chi connectivity index (χ4v) is 4.31. The van der Waals surface area contributed by atoms with Crippen LogP contribution < -0.4 is 10.6 Å². The highest BCUT2D eigenvalue weighted by atomic mass is 16.8. The normalized spacial score (nSPS) is 19.7. The molecule has 1 aromatic heterocycles. The van der Waals surface area contributed by atoms with Crippen LogP contribution in [0.4, 0.5) is 0 Å². The second-order valence-electron chi connectivity index (χ2n) is 9.08. The quantitative estimate of drug-likeness (QED) is 0.528. The molecule has 0 spiro atoms. The van der Waals surface area contributed by atoms with Gasteiger partial charge in [0.15, 0.2) is 17.1 Å². The molecule has 1 fully saturated rings. The summed E-state index contributed by atoms with van der Waals surface area (Å²) in [6.45, 7) is 3.99. The van der Waals surface area contributed by atoms with Crippen LogP contribution in [-0.4, -0.2) is 53.1 Å². The van der Waals surface area contributed by atoms with Gasteiger partial charge in [-0.2, -0.15) is 10.2 Å². The zero-order valence-corrected chi connectivity index (χ0v) is 20.0. The molecule has 9 heteroatoms. The van der Waals surface area contributed by atoms with Crippen molar-refractivity contribution < 1.29 is 23.8 Å². The van der Waals surface area contributed by atoms with Gasteiger partial charge in [0.2, 0.25) is 5.79 Å². The molecule has 2 amide bonds. The van der Waals surface area contributed by atoms with E-state index >= 15 is 0 Å². The average Bonchev–Trinajstić information content (AvgIpc) is 3.36. The first-order chi connectivity index (χ1) is 17.4. The Morgan fingerprint density at radius 2 is 1.61 bits per heavy atom. The molecular formula is C27H26N4O5. The summed E-state index contributed by atoms with van der Waals surface area (Å²) in [6.07, 6.45) is 2.84. The van der Waals surface area contributed by atoms with Gasteiger partial charge < -0.3 is 24.8 Å². The van der Waals surface area contributed by atoms with E-state index in [0.717, 1.165) is 11.1 Å². The zero-order chi connectivity index (χ0) is 25.2. The number of rotatable bonds is 7. The van der Waals surface area contributed by atoms with E-state index in [1.54, 1.807) is 32.0 Å². The molecule has 36 heavy (non-hydrogen) atoms. The maximum Gasteiger partial charge on any atom is 0.253 e. The summed E-state index contributed by atoms with van der Waals surface area (Å²) in [5, 5.41) is 13.2. The number of hydrogen-bond acceptors (Lipinski definition) is 7. The van der Waals surface area contributed by atoms with Crippen molar-refractivity contribution in [1.29, 1.82) is 0 Å². The van der Waals surface area contributed by atoms with Crippen molar-refractivity contribution in [3.8, 4) is 11.1 Å². The van der Waals surface area contributed by atoms with Gasteiger partial charge in [0, 0.05) is 19.4 Å². The highest BCUT2D eigenvalue weighted by molar-refractivity contribution is 5.95. The second-order valence-corrected chi connectivity index (χ2v) is 9.08. The molecule has 0 bridgehead atoms. The number of carbonyl (C=O) groups is 2. The summed E-state index contributed by atoms with van der Waals surface area (Å²) in [5.41, 5.74) is 2.04. The molecule has 0 saturated carbocycles. The Hall–Kier alpha value is -4.24. The predicted octanol–water partition coefficient (Wildman–Crippen LogP) is 3.07. The Labute approximate surface area is 208 Å². The molecule has 2 aliphatic rings. The van der Waals surface area contributed by atoms with E-state index in [1.165, 1.54) is 12.4 Å². The minimum absolute atomic E-state index is 0.123. The van der Waals surface area contributed by atoms with Crippen molar-refractivity contribution in [3.63, 3.8) is 0 Å². The summed E-state index contributed by atoms with van der Waals surface area (Å²) < 4.78 is 18.1. The van der Waals surface area contributed by atoms with Gasteiger partial charge in [-0.05, 0) is 29.3 Å². The van der Waals surface area contributed by atoms with Crippen LogP contribution in [-0.2, 0) is 14.2 Å². The Morgan fingerprint density at radius 3 is 2.33 bits per heavy atom. The van der Waals surface area contributed by atoms with Crippen LogP contribution >= 0.6 is 0 Å². The number of benzene rings is 2. The summed E-state index contributed by atoms with van der Waals surface area (Å²) in [7, 11) is 0. The Kier molecular flexibility index (Phi) is 6.15. The van der Waals surface area contributed by atoms with Gasteiger partial charge in [-0.1, -0.05) is 42.5 Å². The smallest absolute Gasteiger partial charge is 0.253 e. The number of nitrogens with one attached hydrogen (secondary N) is 2. The Morgan fingerprint density at radius 1 is 0.889 bits per heavy atom. The molecule has 5 rings (SSSR count). The van der Waals surface area contributed by atoms with Gasteiger partial charge in [-0.15, -0.1) is 0 Å². The molecule has 2 N–H and O–H groups in total. The molecule has 2 aliphatic heterocycles. The standard InChI is InChI=1S/C27H26N4O5/c1-26(2)35-23-22(34-17-27(23,36-26)16-29-25(33)21-12-13-30-31-14-21)15-28-24(32)20-10-8-19(9-11-20)18-6-4-3-5-7-18/h3-14H,15-17H2,1-2H3,(H,28,32)(H,29,33)/t27-/m0/s1. The van der Waals surface area contributed by atoms with Crippen LogP contribution in [0.25, 0.3) is 11.1 Å². The Bertz CT molecular complexity index is 1290. The molecule has 1 atom stereocenters. The molecule has 9 nitrogen and oxygen atoms in total. The highest BCUT2D eigenvalue weighted by Gasteiger charge is 2.56. The van der Waals surface area contributed by atoms with Gasteiger partial charge in [-0.25, -0.2) is 0 Å². The van der Waals surface area contributed by atoms with Crippen LogP contribution in [0.2, 0.25) is 0 Å². The van der Waals surface area contributed by atoms with Crippen LogP contribution in [0, 0.1) is 0 Å². The van der Waals surface area contributed by atoms with E-state index in [4.69, 9.17) is 14.2 Å². The number of ether oxygens (including phenoxy) is 3. The monoisotopic (exact) mass is 486 g/mol. The second kappa shape index (κ2) is 9.43. The fraction of sp³-hybridized carbons (Fsp3) is 0.259. The van der Waals surface area contributed by atoms with E-state index in [1.807, 2.05) is 42.5 Å². The summed E-state index contributed by atoms with van der Waals surface area (Å²) in [6, 6.07) is 18.9. The van der Waals surface area contributed by atoms with E-state index in [2.05, 4.69) is 20.8 Å². The number of hydrogen-bond donors (Lipinski definition) is 2. The molecule has 1 saturated heterocycles. The van der Waals surface area contributed by atoms with Crippen molar-refractivity contribution in [2.75, 3.05) is 19.7 Å². The van der Waals surface area contributed by atoms with E-state index in [-0.39, 0.29) is 31.5 Å². The molecule has 0 aliphatic carbocycles. The topological polar surface area (TPSA) is 112 Å². The highest BCUT2D eigenvalue weighted by Crippen LogP contribution is 2.45. The molecule has 0 radical (unpaired) electrons. The lowest BCUT2D eigenvalue weighted by Gasteiger charge is -2.25. The summed E-state index contributed by atoms with van der Waals surface area (Å²) >= 11 is 0. The third-order valence-electron chi connectivity index (χ3n) is 5.98. The molecule has 3 aromatic rings. The van der Waals surface area contributed by atoms with Crippen molar-refractivity contribution in [1.82, 2.24) is 20.8 Å². The van der Waals surface area contributed by atoms with E-state index in [9.17, 15) is 9.59 Å². The maximum absolute atomic E-state index is 12.8. The minimum atomic E-state index is -0.989. The molecule has 2 aromatic carbocycles. The van der Waals surface area contributed by atoms with Gasteiger partial charge in [0.1, 0.15) is 6.61 Å². The molecular weight excluding hydrogens is 460 g/mol. The third kappa shape index (κ3) is 4.78. The SMILES string of the molecule is CC1(C)OC2=C(CNC(=O)c3ccc(-c4ccccc4)cc3)OC[C@]2(CNC(=O)c2ccnnc2)O1. The van der Waals surface area contributed by atoms with Crippen molar-refractivity contribution >= 4 is 11.8 Å². The van der Waals surface area contributed by atoms with E-state index in [0.29, 0.717) is 22.6 Å². The number of carbonyl (C=O) groups excluding carboxylic acids is 2. The molecule has 0 unspecified atom stereocenters. The van der Waals surface area contributed by atoms with Crippen LogP contribution in [0.15, 0.2) is 84.6 Å². The van der Waals surface area contributed by atoms with Gasteiger partial charge in [0.05, 0.1) is 31.0 Å². The lowest BCUT2D eigenvalue weighted by Crippen LogP contribution is -2.46. The van der Waals surface area contributed by atoms with Crippen LogP contribution in [0.1, 0.15) is 34.6 Å². The minimum Gasteiger partial charge on any atom is -0.489 e. The number of nitrogens with zero attached hydrogens (tertiary/aromatic N) is 2. The Balaban J connectivity index is 1.26. The lowest BCUT2D eigenvalue weighted by molar-refractivity contribution is -0.170. The average molecular weight is 487 g/mol. The van der Waals surface area contributed by atoms with E-state index < -0.39 is 11.4 Å². The molecule has 184 valence electrons. The predicted molar refractivity (Wildman–Crippen MR) is 131 cm³/mol. The first-order valence-corrected chi connectivity index (χ1v) is 11.6. The fourth-order valence-electron chi connectivity index (χ4n) is 4.31. The van der Waals surface area contributed by atoms with Crippen LogP contribution in [0.3, 0.4) is 0 Å². The molecule has 3 heterocycles. The first-order valence-electron chi connectivity index (χ1n) is 11.6.